The zero-order valence-corrected chi connectivity index (χ0v) is 28.6. The molecule has 1 amide bonds. The number of carbonyl (C=O) groups excluding carboxylic acids is 3. The summed E-state index contributed by atoms with van der Waals surface area (Å²) in [7, 11) is 0. The van der Waals surface area contributed by atoms with E-state index < -0.39 is 64.9 Å². The van der Waals surface area contributed by atoms with Gasteiger partial charge in [-0.3, -0.25) is 19.5 Å². The predicted octanol–water partition coefficient (Wildman–Crippen LogP) is 6.19. The van der Waals surface area contributed by atoms with E-state index in [9.17, 15) is 27.6 Å². The van der Waals surface area contributed by atoms with Crippen LogP contribution in [-0.4, -0.2) is 71.3 Å². The number of nitrogens with zero attached hydrogens (tertiary/aromatic N) is 2. The second-order valence-electron chi connectivity index (χ2n) is 13.4. The molecule has 0 spiro atoms. The number of benzene rings is 2. The summed E-state index contributed by atoms with van der Waals surface area (Å²) in [4.78, 5) is 44.2. The number of morpholine rings is 1. The van der Waals surface area contributed by atoms with Crippen molar-refractivity contribution in [2.24, 2.45) is 5.73 Å². The first-order chi connectivity index (χ1) is 23.6. The van der Waals surface area contributed by atoms with Crippen molar-refractivity contribution in [3.8, 4) is 0 Å². The average Bonchev–Trinajstić information content (AvgIpc) is 3.03. The van der Waals surface area contributed by atoms with Gasteiger partial charge in [-0.25, -0.2) is 22.4 Å². The Labute approximate surface area is 289 Å². The van der Waals surface area contributed by atoms with E-state index in [0.29, 0.717) is 18.1 Å². The standard InChI is InChI=1S/C37H43F4N3O6/c1-5-6-33(46)49-21-28-20-48-29(19-44(28)36(47)50-37(2,3)4)11-12-30-24(17-43-18-31(30)41)15-32(45)35(42)34(22-7-9-25(38)10-8-22)23-13-26(39)16-27(40)14-23/h7-10,13-14,16-18,28-29,34-35H,5-6,11-12,15,19-21,42H2,1-4H3/t28-,29+,34-,35+/m0/s1. The Bertz CT molecular complexity index is 1630. The zero-order valence-electron chi connectivity index (χ0n) is 28.6. The number of Topliss-reactive ketones (excluding diaryl/α,β-unsaturated/α-hetero) is 1. The van der Waals surface area contributed by atoms with Gasteiger partial charge in [0.2, 0.25) is 0 Å². The molecular formula is C37H43F4N3O6. The highest BCUT2D eigenvalue weighted by molar-refractivity contribution is 5.87. The topological polar surface area (TPSA) is 121 Å². The van der Waals surface area contributed by atoms with E-state index in [2.05, 4.69) is 4.98 Å². The molecule has 0 radical (unpaired) electrons. The minimum atomic E-state index is -1.34. The second kappa shape index (κ2) is 17.0. The maximum absolute atomic E-state index is 15.3. The average molecular weight is 702 g/mol. The van der Waals surface area contributed by atoms with Gasteiger partial charge >= 0.3 is 12.1 Å². The van der Waals surface area contributed by atoms with Crippen molar-refractivity contribution in [2.45, 2.75) is 89.5 Å². The normalized spacial score (nSPS) is 17.6. The second-order valence-corrected chi connectivity index (χ2v) is 13.4. The fraction of sp³-hybridized carbons (Fsp3) is 0.459. The number of ether oxygens (including phenoxy) is 3. The van der Waals surface area contributed by atoms with Gasteiger partial charge in [-0.2, -0.15) is 0 Å². The monoisotopic (exact) mass is 701 g/mol. The molecule has 4 rings (SSSR count). The van der Waals surface area contributed by atoms with Gasteiger partial charge in [-0.1, -0.05) is 19.1 Å². The first kappa shape index (κ1) is 38.4. The summed E-state index contributed by atoms with van der Waals surface area (Å²) in [6.07, 6.45) is 2.08. The molecule has 1 saturated heterocycles. The van der Waals surface area contributed by atoms with E-state index in [4.69, 9.17) is 19.9 Å². The number of pyridine rings is 1. The summed E-state index contributed by atoms with van der Waals surface area (Å²) in [5.74, 6) is -4.95. The number of ketones is 1. The molecule has 1 aromatic heterocycles. The van der Waals surface area contributed by atoms with Crippen LogP contribution in [0.4, 0.5) is 22.4 Å². The first-order valence-electron chi connectivity index (χ1n) is 16.5. The van der Waals surface area contributed by atoms with Crippen LogP contribution in [0.25, 0.3) is 0 Å². The molecule has 2 aromatic carbocycles. The van der Waals surface area contributed by atoms with Crippen LogP contribution >= 0.6 is 0 Å². The Hall–Kier alpha value is -4.36. The maximum atomic E-state index is 15.3. The molecule has 2 heterocycles. The van der Waals surface area contributed by atoms with Crippen molar-refractivity contribution >= 4 is 17.8 Å². The number of aromatic nitrogens is 1. The molecule has 1 aliphatic rings. The molecule has 50 heavy (non-hydrogen) atoms. The third-order valence-corrected chi connectivity index (χ3v) is 8.26. The first-order valence-corrected chi connectivity index (χ1v) is 16.5. The summed E-state index contributed by atoms with van der Waals surface area (Å²) < 4.78 is 74.5. The lowest BCUT2D eigenvalue weighted by atomic mass is 9.82. The largest absolute Gasteiger partial charge is 0.463 e. The zero-order chi connectivity index (χ0) is 36.6. The molecule has 3 aromatic rings. The van der Waals surface area contributed by atoms with Crippen LogP contribution in [0.15, 0.2) is 54.9 Å². The van der Waals surface area contributed by atoms with Crippen molar-refractivity contribution in [3.63, 3.8) is 0 Å². The van der Waals surface area contributed by atoms with Gasteiger partial charge in [0.25, 0.3) is 0 Å². The van der Waals surface area contributed by atoms with E-state index in [1.54, 1.807) is 20.8 Å². The number of esters is 1. The van der Waals surface area contributed by atoms with E-state index in [1.807, 2.05) is 6.92 Å². The summed E-state index contributed by atoms with van der Waals surface area (Å²) in [6.45, 7) is 7.12. The highest BCUT2D eigenvalue weighted by atomic mass is 19.1. The van der Waals surface area contributed by atoms with Crippen LogP contribution in [-0.2, 0) is 36.6 Å². The van der Waals surface area contributed by atoms with Crippen LogP contribution in [0.3, 0.4) is 0 Å². The maximum Gasteiger partial charge on any atom is 0.410 e. The Morgan fingerprint density at radius 3 is 2.32 bits per heavy atom. The van der Waals surface area contributed by atoms with Crippen LogP contribution in [0, 0.1) is 23.3 Å². The summed E-state index contributed by atoms with van der Waals surface area (Å²) in [5.41, 5.74) is 6.55. The molecule has 270 valence electrons. The van der Waals surface area contributed by atoms with Crippen LogP contribution in [0.1, 0.15) is 75.1 Å². The molecule has 0 aliphatic carbocycles. The van der Waals surface area contributed by atoms with E-state index in [0.717, 1.165) is 30.5 Å². The SMILES string of the molecule is CCCC(=O)OC[C@@H]1CO[C@H](CCc2c(F)cncc2CC(=O)[C@@H](N)[C@@H](c2ccc(F)cc2)c2cc(F)cc(F)c2)CN1C(=O)OC(C)(C)C. The van der Waals surface area contributed by atoms with E-state index in [1.165, 1.54) is 23.2 Å². The summed E-state index contributed by atoms with van der Waals surface area (Å²) >= 11 is 0. The molecule has 0 bridgehead atoms. The van der Waals surface area contributed by atoms with Crippen molar-refractivity contribution in [1.82, 2.24) is 9.88 Å². The third-order valence-electron chi connectivity index (χ3n) is 8.26. The fourth-order valence-electron chi connectivity index (χ4n) is 5.84. The van der Waals surface area contributed by atoms with Gasteiger partial charge in [-0.15, -0.1) is 0 Å². The van der Waals surface area contributed by atoms with Crippen molar-refractivity contribution in [2.75, 3.05) is 19.8 Å². The minimum absolute atomic E-state index is 0.0494. The lowest BCUT2D eigenvalue weighted by Crippen LogP contribution is -2.55. The molecule has 1 fully saturated rings. The molecule has 9 nitrogen and oxygen atoms in total. The van der Waals surface area contributed by atoms with Gasteiger partial charge in [0, 0.05) is 31.0 Å². The number of hydrogen-bond acceptors (Lipinski definition) is 8. The van der Waals surface area contributed by atoms with Crippen molar-refractivity contribution in [1.29, 1.82) is 0 Å². The number of hydrogen-bond donors (Lipinski definition) is 1. The van der Waals surface area contributed by atoms with Gasteiger partial charge in [0.05, 0.1) is 37.5 Å². The van der Waals surface area contributed by atoms with Crippen molar-refractivity contribution in [3.05, 3.63) is 100 Å². The Morgan fingerprint density at radius 1 is 1.00 bits per heavy atom. The summed E-state index contributed by atoms with van der Waals surface area (Å²) in [5, 5.41) is 0. The molecular weight excluding hydrogens is 658 g/mol. The molecule has 4 atom stereocenters. The molecule has 0 unspecified atom stereocenters. The number of rotatable bonds is 13. The quantitative estimate of drug-likeness (QED) is 0.166. The highest BCUT2D eigenvalue weighted by Crippen LogP contribution is 2.31. The molecule has 13 heteroatoms. The number of amides is 1. The van der Waals surface area contributed by atoms with Gasteiger partial charge in [0.15, 0.2) is 5.78 Å². The lowest BCUT2D eigenvalue weighted by molar-refractivity contribution is -0.149. The van der Waals surface area contributed by atoms with Gasteiger partial charge in [-0.05, 0) is 86.6 Å². The number of carbonyl (C=O) groups is 3. The van der Waals surface area contributed by atoms with Gasteiger partial charge in [0.1, 0.15) is 35.5 Å². The van der Waals surface area contributed by atoms with Crippen LogP contribution < -0.4 is 5.73 Å². The van der Waals surface area contributed by atoms with Crippen molar-refractivity contribution < 1.29 is 46.2 Å². The number of halogens is 4. The Kier molecular flexibility index (Phi) is 13.1. The lowest BCUT2D eigenvalue weighted by Gasteiger charge is -2.40. The minimum Gasteiger partial charge on any atom is -0.463 e. The Balaban J connectivity index is 1.50. The summed E-state index contributed by atoms with van der Waals surface area (Å²) in [6, 6.07) is 5.96. The van der Waals surface area contributed by atoms with Crippen LogP contribution in [0.5, 0.6) is 0 Å². The van der Waals surface area contributed by atoms with Gasteiger partial charge < -0.3 is 19.9 Å². The molecule has 0 saturated carbocycles. The highest BCUT2D eigenvalue weighted by Gasteiger charge is 2.36. The Morgan fingerprint density at radius 2 is 1.68 bits per heavy atom. The predicted molar refractivity (Wildman–Crippen MR) is 176 cm³/mol. The number of nitrogens with two attached hydrogens (primary N) is 1. The molecule has 2 N–H and O–H groups in total. The third kappa shape index (κ3) is 10.6. The van der Waals surface area contributed by atoms with E-state index in [-0.39, 0.29) is 68.1 Å². The molecule has 1 aliphatic heterocycles. The fourth-order valence-corrected chi connectivity index (χ4v) is 5.84. The smallest absolute Gasteiger partial charge is 0.410 e. The van der Waals surface area contributed by atoms with Crippen LogP contribution in [0.2, 0.25) is 0 Å². The van der Waals surface area contributed by atoms with E-state index >= 15 is 4.39 Å².